The number of aryl methyl sites for hydroxylation is 1. The van der Waals surface area contributed by atoms with Gasteiger partial charge < -0.3 is 10.5 Å². The molecule has 0 aliphatic heterocycles. The lowest BCUT2D eigenvalue weighted by molar-refractivity contribution is -0.140. The smallest absolute Gasteiger partial charge is 0.305 e. The molecule has 3 N–H and O–H groups in total. The van der Waals surface area contributed by atoms with Gasteiger partial charge in [0.05, 0.1) is 19.6 Å². The third-order valence-corrected chi connectivity index (χ3v) is 2.78. The van der Waals surface area contributed by atoms with Crippen molar-refractivity contribution >= 4 is 40.8 Å². The minimum absolute atomic E-state index is 0. The Morgan fingerprint density at radius 1 is 1.50 bits per heavy atom. The Balaban J connectivity index is 0.00000289. The Hall–Kier alpha value is -1.25. The number of nitrogens with one attached hydrogen (secondary N) is 1. The molecule has 0 spiro atoms. The van der Waals surface area contributed by atoms with Crippen LogP contribution in [0.4, 0.5) is 5.13 Å². The number of rotatable bonds is 5. The zero-order valence-electron chi connectivity index (χ0n) is 10.0. The van der Waals surface area contributed by atoms with E-state index in [1.165, 1.54) is 18.4 Å². The van der Waals surface area contributed by atoms with E-state index < -0.39 is 6.04 Å². The number of nitrogens with two attached hydrogens (primary N) is 1. The summed E-state index contributed by atoms with van der Waals surface area (Å²) in [5.74, 6) is -0.623. The maximum atomic E-state index is 11.3. The zero-order valence-corrected chi connectivity index (χ0v) is 11.6. The first kappa shape index (κ1) is 16.8. The maximum Gasteiger partial charge on any atom is 0.305 e. The molecule has 1 aromatic heterocycles. The predicted octanol–water partition coefficient (Wildman–Crippen LogP) is 0.351. The van der Waals surface area contributed by atoms with Gasteiger partial charge in [0, 0.05) is 6.42 Å². The first-order valence-corrected chi connectivity index (χ1v) is 5.80. The number of hydrogen-bond acceptors (Lipinski definition) is 7. The van der Waals surface area contributed by atoms with E-state index in [-0.39, 0.29) is 30.7 Å². The number of carbonyl (C=O) groups excluding carboxylic acids is 2. The zero-order chi connectivity index (χ0) is 12.8. The highest BCUT2D eigenvalue weighted by Crippen LogP contribution is 2.16. The molecule has 0 radical (unpaired) electrons. The van der Waals surface area contributed by atoms with E-state index in [0.717, 1.165) is 0 Å². The van der Waals surface area contributed by atoms with Crippen molar-refractivity contribution in [2.75, 3.05) is 12.4 Å². The summed E-state index contributed by atoms with van der Waals surface area (Å²) < 4.78 is 4.51. The molecular formula is C9H15ClN4O3S. The number of methoxy groups -OCH3 is 1. The molecule has 18 heavy (non-hydrogen) atoms. The maximum absolute atomic E-state index is 11.3. The van der Waals surface area contributed by atoms with Crippen LogP contribution in [-0.4, -0.2) is 35.2 Å². The lowest BCUT2D eigenvalue weighted by Crippen LogP contribution is -2.32. The third kappa shape index (κ3) is 5.39. The SMILES string of the molecule is COC(=O)CCc1nnc(NC(=O)[C@@H](C)N)s1.Cl. The Bertz CT molecular complexity index is 410. The average Bonchev–Trinajstić information content (AvgIpc) is 2.73. The summed E-state index contributed by atoms with van der Waals surface area (Å²) >= 11 is 1.21. The fourth-order valence-electron chi connectivity index (χ4n) is 0.935. The quantitative estimate of drug-likeness (QED) is 0.759. The van der Waals surface area contributed by atoms with Crippen LogP contribution in [0.25, 0.3) is 0 Å². The number of esters is 1. The predicted molar refractivity (Wildman–Crippen MR) is 69.8 cm³/mol. The standard InChI is InChI=1S/C9H14N4O3S.ClH/c1-5(10)8(15)11-9-13-12-6(17-9)3-4-7(14)16-2;/h5H,3-4,10H2,1-2H3,(H,11,13,15);1H/t5-;/m1./s1. The molecule has 0 aromatic carbocycles. The summed E-state index contributed by atoms with van der Waals surface area (Å²) in [7, 11) is 1.33. The molecule has 102 valence electrons. The largest absolute Gasteiger partial charge is 0.469 e. The molecule has 0 aliphatic carbocycles. The van der Waals surface area contributed by atoms with Crippen LogP contribution in [-0.2, 0) is 20.7 Å². The number of aromatic nitrogens is 2. The fraction of sp³-hybridized carbons (Fsp3) is 0.556. The molecule has 1 rings (SSSR count). The summed E-state index contributed by atoms with van der Waals surface area (Å²) in [5.41, 5.74) is 5.39. The second kappa shape index (κ2) is 7.96. The van der Waals surface area contributed by atoms with Crippen molar-refractivity contribution in [3.63, 3.8) is 0 Å². The lowest BCUT2D eigenvalue weighted by atomic mass is 10.3. The normalized spacial score (nSPS) is 11.3. The van der Waals surface area contributed by atoms with E-state index in [2.05, 4.69) is 20.3 Å². The van der Waals surface area contributed by atoms with E-state index >= 15 is 0 Å². The van der Waals surface area contributed by atoms with Gasteiger partial charge in [0.25, 0.3) is 0 Å². The molecule has 1 aromatic rings. The number of nitrogens with zero attached hydrogens (tertiary/aromatic N) is 2. The van der Waals surface area contributed by atoms with E-state index in [0.29, 0.717) is 16.6 Å². The molecule has 1 heterocycles. The first-order chi connectivity index (χ1) is 8.02. The van der Waals surface area contributed by atoms with Crippen molar-refractivity contribution in [3.8, 4) is 0 Å². The van der Waals surface area contributed by atoms with Crippen LogP contribution in [0.15, 0.2) is 0 Å². The van der Waals surface area contributed by atoms with Gasteiger partial charge in [0.1, 0.15) is 5.01 Å². The Morgan fingerprint density at radius 3 is 2.72 bits per heavy atom. The number of ether oxygens (including phenoxy) is 1. The molecule has 0 aliphatic rings. The average molecular weight is 295 g/mol. The highest BCUT2D eigenvalue weighted by Gasteiger charge is 2.12. The highest BCUT2D eigenvalue weighted by molar-refractivity contribution is 7.15. The van der Waals surface area contributed by atoms with Gasteiger partial charge in [-0.1, -0.05) is 11.3 Å². The van der Waals surface area contributed by atoms with Crippen LogP contribution in [0.5, 0.6) is 0 Å². The topological polar surface area (TPSA) is 107 Å². The number of halogens is 1. The van der Waals surface area contributed by atoms with Crippen molar-refractivity contribution < 1.29 is 14.3 Å². The lowest BCUT2D eigenvalue weighted by Gasteiger charge is -2.02. The Kier molecular flexibility index (Phi) is 7.41. The molecule has 1 amide bonds. The van der Waals surface area contributed by atoms with E-state index in [9.17, 15) is 9.59 Å². The van der Waals surface area contributed by atoms with E-state index in [4.69, 9.17) is 5.73 Å². The van der Waals surface area contributed by atoms with Crippen molar-refractivity contribution in [3.05, 3.63) is 5.01 Å². The molecule has 0 fully saturated rings. The first-order valence-electron chi connectivity index (χ1n) is 4.98. The minimum Gasteiger partial charge on any atom is -0.469 e. The highest BCUT2D eigenvalue weighted by atomic mass is 35.5. The van der Waals surface area contributed by atoms with Crippen LogP contribution in [0.2, 0.25) is 0 Å². The summed E-state index contributed by atoms with van der Waals surface area (Å²) in [6, 6.07) is -0.600. The van der Waals surface area contributed by atoms with Gasteiger partial charge in [0.15, 0.2) is 0 Å². The number of anilines is 1. The van der Waals surface area contributed by atoms with Crippen LogP contribution < -0.4 is 11.1 Å². The summed E-state index contributed by atoms with van der Waals surface area (Å²) in [5, 5.41) is 11.2. The Labute approximate surface area is 115 Å². The van der Waals surface area contributed by atoms with Crippen molar-refractivity contribution in [2.24, 2.45) is 5.73 Å². The van der Waals surface area contributed by atoms with Crippen LogP contribution in [0.1, 0.15) is 18.4 Å². The summed E-state index contributed by atoms with van der Waals surface area (Å²) in [6.07, 6.45) is 0.685. The molecule has 0 bridgehead atoms. The van der Waals surface area contributed by atoms with Crippen molar-refractivity contribution in [2.45, 2.75) is 25.8 Å². The number of hydrogen-bond donors (Lipinski definition) is 2. The molecule has 1 atom stereocenters. The Morgan fingerprint density at radius 2 is 2.17 bits per heavy atom. The molecule has 9 heteroatoms. The molecule has 0 unspecified atom stereocenters. The number of carbonyl (C=O) groups is 2. The van der Waals surface area contributed by atoms with Gasteiger partial charge in [-0.3, -0.25) is 14.9 Å². The van der Waals surface area contributed by atoms with Crippen molar-refractivity contribution in [1.29, 1.82) is 0 Å². The third-order valence-electron chi connectivity index (χ3n) is 1.88. The van der Waals surface area contributed by atoms with E-state index in [1.807, 2.05) is 0 Å². The second-order valence-corrected chi connectivity index (χ2v) is 4.42. The van der Waals surface area contributed by atoms with Gasteiger partial charge in [-0.15, -0.1) is 22.6 Å². The minimum atomic E-state index is -0.600. The second-order valence-electron chi connectivity index (χ2n) is 3.36. The van der Waals surface area contributed by atoms with Gasteiger partial charge in [-0.05, 0) is 6.92 Å². The molecule has 0 saturated heterocycles. The number of amides is 1. The van der Waals surface area contributed by atoms with Gasteiger partial charge >= 0.3 is 5.97 Å². The fourth-order valence-corrected chi connectivity index (χ4v) is 1.68. The van der Waals surface area contributed by atoms with Gasteiger partial charge in [-0.2, -0.15) is 0 Å². The van der Waals surface area contributed by atoms with E-state index in [1.54, 1.807) is 6.92 Å². The van der Waals surface area contributed by atoms with Gasteiger partial charge in [0.2, 0.25) is 11.0 Å². The van der Waals surface area contributed by atoms with Crippen LogP contribution in [0.3, 0.4) is 0 Å². The van der Waals surface area contributed by atoms with Gasteiger partial charge in [-0.25, -0.2) is 0 Å². The summed E-state index contributed by atoms with van der Waals surface area (Å²) in [4.78, 5) is 22.2. The van der Waals surface area contributed by atoms with Crippen LogP contribution in [0, 0.1) is 0 Å². The van der Waals surface area contributed by atoms with Crippen molar-refractivity contribution in [1.82, 2.24) is 10.2 Å². The van der Waals surface area contributed by atoms with Crippen LogP contribution >= 0.6 is 23.7 Å². The molecule has 7 nitrogen and oxygen atoms in total. The monoisotopic (exact) mass is 294 g/mol. The summed E-state index contributed by atoms with van der Waals surface area (Å²) in [6.45, 7) is 1.58. The molecule has 0 saturated carbocycles. The molecular weight excluding hydrogens is 280 g/mol.